The Labute approximate surface area is 94.4 Å². The van der Waals surface area contributed by atoms with Gasteiger partial charge in [-0.15, -0.1) is 5.10 Å². The molecule has 0 aromatic carbocycles. The van der Waals surface area contributed by atoms with Crippen LogP contribution in [-0.4, -0.2) is 34.5 Å². The van der Waals surface area contributed by atoms with Crippen molar-refractivity contribution >= 4 is 6.01 Å². The number of hydrogen-bond acceptors (Lipinski definition) is 6. The Morgan fingerprint density at radius 3 is 2.75 bits per heavy atom. The molecule has 3 N–H and O–H groups in total. The Bertz CT molecular complexity index is 324. The normalized spacial score (nSPS) is 16.1. The van der Waals surface area contributed by atoms with E-state index in [9.17, 15) is 0 Å². The topological polar surface area (TPSA) is 88.4 Å². The van der Waals surface area contributed by atoms with Crippen LogP contribution in [0.3, 0.4) is 0 Å². The van der Waals surface area contributed by atoms with Gasteiger partial charge < -0.3 is 20.2 Å². The van der Waals surface area contributed by atoms with Crippen LogP contribution >= 0.6 is 0 Å². The second-order valence-corrected chi connectivity index (χ2v) is 4.04. The number of nitrogens with zero attached hydrogens (tertiary/aromatic N) is 3. The van der Waals surface area contributed by atoms with Crippen LogP contribution < -0.4 is 10.6 Å². The molecule has 1 heterocycles. The maximum atomic E-state index is 8.87. The van der Waals surface area contributed by atoms with Crippen LogP contribution in [-0.2, 0) is 6.54 Å². The van der Waals surface area contributed by atoms with Crippen molar-refractivity contribution < 1.29 is 9.52 Å². The third-order valence-electron chi connectivity index (χ3n) is 2.95. The van der Waals surface area contributed by atoms with E-state index < -0.39 is 0 Å². The van der Waals surface area contributed by atoms with Crippen molar-refractivity contribution in [2.75, 3.05) is 18.1 Å². The fraction of sp³-hybridized carbons (Fsp3) is 0.800. The number of hydrogen-bond donors (Lipinski definition) is 2. The maximum Gasteiger partial charge on any atom is 0.318 e. The number of aliphatic hydroxyl groups excluding tert-OH is 1. The van der Waals surface area contributed by atoms with E-state index in [2.05, 4.69) is 15.1 Å². The van der Waals surface area contributed by atoms with Crippen molar-refractivity contribution in [2.45, 2.75) is 38.3 Å². The Morgan fingerprint density at radius 2 is 2.25 bits per heavy atom. The number of anilines is 1. The minimum absolute atomic E-state index is 0.182. The molecule has 16 heavy (non-hydrogen) atoms. The molecule has 90 valence electrons. The first-order chi connectivity index (χ1) is 7.85. The van der Waals surface area contributed by atoms with Crippen molar-refractivity contribution in [1.29, 1.82) is 0 Å². The van der Waals surface area contributed by atoms with E-state index in [-0.39, 0.29) is 13.2 Å². The van der Waals surface area contributed by atoms with Crippen molar-refractivity contribution in [3.8, 4) is 0 Å². The molecule has 0 amide bonds. The molecule has 0 spiro atoms. The standard InChI is InChI=1S/C10H18N4O2/c11-7-9-12-13-10(16-9)14(5-2-6-15)8-3-1-4-8/h8,15H,1-7,11H2. The van der Waals surface area contributed by atoms with Crippen molar-refractivity contribution in [1.82, 2.24) is 10.2 Å². The van der Waals surface area contributed by atoms with Gasteiger partial charge in [0, 0.05) is 19.2 Å². The summed E-state index contributed by atoms with van der Waals surface area (Å²) in [7, 11) is 0. The van der Waals surface area contributed by atoms with Gasteiger partial charge in [0.1, 0.15) is 0 Å². The Balaban J connectivity index is 2.04. The van der Waals surface area contributed by atoms with Crippen LogP contribution in [0, 0.1) is 0 Å². The van der Waals surface area contributed by atoms with Gasteiger partial charge in [-0.2, -0.15) is 0 Å². The highest BCUT2D eigenvalue weighted by Gasteiger charge is 2.28. The molecule has 0 saturated heterocycles. The average molecular weight is 226 g/mol. The average Bonchev–Trinajstić information content (AvgIpc) is 2.69. The zero-order valence-corrected chi connectivity index (χ0v) is 9.30. The lowest BCUT2D eigenvalue weighted by Crippen LogP contribution is -2.41. The van der Waals surface area contributed by atoms with Crippen molar-refractivity contribution in [3.05, 3.63) is 5.89 Å². The highest BCUT2D eigenvalue weighted by Crippen LogP contribution is 2.28. The van der Waals surface area contributed by atoms with E-state index in [4.69, 9.17) is 15.3 Å². The lowest BCUT2D eigenvalue weighted by molar-refractivity contribution is 0.279. The molecule has 6 nitrogen and oxygen atoms in total. The number of aromatic nitrogens is 2. The van der Waals surface area contributed by atoms with Crippen LogP contribution in [0.25, 0.3) is 0 Å². The molecule has 1 fully saturated rings. The summed E-state index contributed by atoms with van der Waals surface area (Å²) in [5.41, 5.74) is 5.43. The van der Waals surface area contributed by atoms with Crippen molar-refractivity contribution in [2.24, 2.45) is 5.73 Å². The van der Waals surface area contributed by atoms with Crippen LogP contribution in [0.5, 0.6) is 0 Å². The van der Waals surface area contributed by atoms with Gasteiger partial charge in [0.15, 0.2) is 0 Å². The molecular formula is C10H18N4O2. The largest absolute Gasteiger partial charge is 0.407 e. The maximum absolute atomic E-state index is 8.87. The molecule has 1 aromatic rings. The van der Waals surface area contributed by atoms with Crippen LogP contribution in [0.2, 0.25) is 0 Å². The Hall–Kier alpha value is -1.14. The second kappa shape index (κ2) is 5.27. The van der Waals surface area contributed by atoms with E-state index in [0.717, 1.165) is 25.8 Å². The third-order valence-corrected chi connectivity index (χ3v) is 2.95. The summed E-state index contributed by atoms with van der Waals surface area (Å²) in [6.45, 7) is 1.21. The number of aliphatic hydroxyl groups is 1. The molecule has 0 unspecified atom stereocenters. The molecule has 0 bridgehead atoms. The van der Waals surface area contributed by atoms with Gasteiger partial charge in [-0.3, -0.25) is 0 Å². The first-order valence-corrected chi connectivity index (χ1v) is 5.75. The molecule has 6 heteroatoms. The summed E-state index contributed by atoms with van der Waals surface area (Å²) in [4.78, 5) is 2.09. The predicted octanol–water partition coefficient (Wildman–Crippen LogP) is 0.270. The summed E-state index contributed by atoms with van der Waals surface area (Å²) in [5, 5.41) is 16.7. The molecule has 1 saturated carbocycles. The highest BCUT2D eigenvalue weighted by molar-refractivity contribution is 5.27. The summed E-state index contributed by atoms with van der Waals surface area (Å²) >= 11 is 0. The van der Waals surface area contributed by atoms with E-state index in [1.54, 1.807) is 0 Å². The lowest BCUT2D eigenvalue weighted by Gasteiger charge is -2.36. The SMILES string of the molecule is NCc1nnc(N(CCCO)C2CCC2)o1. The van der Waals surface area contributed by atoms with Gasteiger partial charge in [0.2, 0.25) is 5.89 Å². The van der Waals surface area contributed by atoms with E-state index in [1.165, 1.54) is 6.42 Å². The summed E-state index contributed by atoms with van der Waals surface area (Å²) in [6.07, 6.45) is 4.28. The zero-order chi connectivity index (χ0) is 11.4. The van der Waals surface area contributed by atoms with Gasteiger partial charge in [-0.25, -0.2) is 0 Å². The lowest BCUT2D eigenvalue weighted by atomic mass is 9.91. The van der Waals surface area contributed by atoms with Crippen LogP contribution in [0.15, 0.2) is 4.42 Å². The smallest absolute Gasteiger partial charge is 0.318 e. The fourth-order valence-corrected chi connectivity index (χ4v) is 1.82. The van der Waals surface area contributed by atoms with E-state index >= 15 is 0 Å². The minimum atomic E-state index is 0.182. The highest BCUT2D eigenvalue weighted by atomic mass is 16.4. The molecule has 0 aliphatic heterocycles. The summed E-state index contributed by atoms with van der Waals surface area (Å²) in [6, 6.07) is 1.02. The predicted molar refractivity (Wildman–Crippen MR) is 58.9 cm³/mol. The minimum Gasteiger partial charge on any atom is -0.407 e. The number of nitrogens with two attached hydrogens (primary N) is 1. The third kappa shape index (κ3) is 2.33. The summed E-state index contributed by atoms with van der Waals surface area (Å²) in [5.74, 6) is 0.461. The Kier molecular flexibility index (Phi) is 3.74. The van der Waals surface area contributed by atoms with Gasteiger partial charge in [-0.05, 0) is 25.7 Å². The first kappa shape index (κ1) is 11.3. The number of rotatable bonds is 6. The van der Waals surface area contributed by atoms with Crippen LogP contribution in [0.4, 0.5) is 6.01 Å². The summed E-state index contributed by atoms with van der Waals surface area (Å²) < 4.78 is 5.45. The molecular weight excluding hydrogens is 208 g/mol. The molecule has 1 aliphatic rings. The molecule has 2 rings (SSSR count). The van der Waals surface area contributed by atoms with Gasteiger partial charge in [0.05, 0.1) is 6.54 Å². The van der Waals surface area contributed by atoms with Crippen molar-refractivity contribution in [3.63, 3.8) is 0 Å². The Morgan fingerprint density at radius 1 is 1.44 bits per heavy atom. The van der Waals surface area contributed by atoms with E-state index in [0.29, 0.717) is 17.9 Å². The monoisotopic (exact) mass is 226 g/mol. The van der Waals surface area contributed by atoms with Gasteiger partial charge >= 0.3 is 6.01 Å². The first-order valence-electron chi connectivity index (χ1n) is 5.75. The van der Waals surface area contributed by atoms with E-state index in [1.807, 2.05) is 0 Å². The second-order valence-electron chi connectivity index (χ2n) is 4.04. The molecule has 1 aliphatic carbocycles. The molecule has 0 radical (unpaired) electrons. The fourth-order valence-electron chi connectivity index (χ4n) is 1.82. The van der Waals surface area contributed by atoms with Crippen LogP contribution in [0.1, 0.15) is 31.6 Å². The zero-order valence-electron chi connectivity index (χ0n) is 9.30. The van der Waals surface area contributed by atoms with Gasteiger partial charge in [-0.1, -0.05) is 5.10 Å². The molecule has 0 atom stereocenters. The molecule has 1 aromatic heterocycles. The quantitative estimate of drug-likeness (QED) is 0.723. The van der Waals surface area contributed by atoms with Gasteiger partial charge in [0.25, 0.3) is 0 Å².